The number of hydrogen-bond acceptors (Lipinski definition) is 7. The number of ether oxygens (including phenoxy) is 3. The van der Waals surface area contributed by atoms with Crippen molar-refractivity contribution in [1.29, 1.82) is 0 Å². The van der Waals surface area contributed by atoms with E-state index in [9.17, 15) is 8.42 Å². The Morgan fingerprint density at radius 2 is 1.79 bits per heavy atom. The lowest BCUT2D eigenvalue weighted by Gasteiger charge is -2.19. The first-order valence-electron chi connectivity index (χ1n) is 8.46. The first kappa shape index (κ1) is 18.1. The number of anilines is 1. The van der Waals surface area contributed by atoms with Crippen molar-refractivity contribution < 1.29 is 22.6 Å². The van der Waals surface area contributed by atoms with Crippen molar-refractivity contribution in [3.63, 3.8) is 0 Å². The molecule has 0 radical (unpaired) electrons. The van der Waals surface area contributed by atoms with E-state index in [0.717, 1.165) is 5.56 Å². The Kier molecular flexibility index (Phi) is 4.74. The predicted molar refractivity (Wildman–Crippen MR) is 102 cm³/mol. The number of benzene rings is 2. The summed E-state index contributed by atoms with van der Waals surface area (Å²) in [4.78, 5) is 0.0893. The normalized spacial score (nSPS) is 13.0. The lowest BCUT2D eigenvalue weighted by molar-refractivity contribution is 0.171. The molecule has 0 fully saturated rings. The number of methoxy groups -OCH3 is 1. The average Bonchev–Trinajstić information content (AvgIpc) is 2.73. The molecule has 9 heteroatoms. The fourth-order valence-electron chi connectivity index (χ4n) is 2.73. The van der Waals surface area contributed by atoms with Crippen LogP contribution in [0.3, 0.4) is 0 Å². The molecular weight excluding hydrogens is 382 g/mol. The molecule has 0 spiro atoms. The molecule has 1 aliphatic rings. The van der Waals surface area contributed by atoms with Gasteiger partial charge in [0, 0.05) is 23.4 Å². The minimum absolute atomic E-state index is 0.0893. The van der Waals surface area contributed by atoms with Crippen LogP contribution < -0.4 is 18.9 Å². The van der Waals surface area contributed by atoms with Gasteiger partial charge in [0.15, 0.2) is 11.5 Å². The zero-order valence-corrected chi connectivity index (χ0v) is 15.8. The van der Waals surface area contributed by atoms with Crippen LogP contribution in [-0.2, 0) is 10.0 Å². The Bertz CT molecular complexity index is 1100. The van der Waals surface area contributed by atoms with Crippen molar-refractivity contribution in [1.82, 2.24) is 10.2 Å². The van der Waals surface area contributed by atoms with Gasteiger partial charge in [0.05, 0.1) is 17.7 Å². The molecule has 8 nitrogen and oxygen atoms in total. The van der Waals surface area contributed by atoms with E-state index >= 15 is 0 Å². The van der Waals surface area contributed by atoms with Gasteiger partial charge in [-0.05, 0) is 30.3 Å². The summed E-state index contributed by atoms with van der Waals surface area (Å²) in [6.07, 6.45) is 0. The van der Waals surface area contributed by atoms with Crippen LogP contribution in [0.2, 0.25) is 0 Å². The van der Waals surface area contributed by atoms with E-state index in [4.69, 9.17) is 14.2 Å². The Morgan fingerprint density at radius 3 is 2.54 bits per heavy atom. The first-order valence-corrected chi connectivity index (χ1v) is 9.94. The third-order valence-corrected chi connectivity index (χ3v) is 5.46. The molecular formula is C19H17N3O5S. The van der Waals surface area contributed by atoms with Crippen LogP contribution in [0, 0.1) is 0 Å². The Hall–Kier alpha value is -3.33. The maximum Gasteiger partial charge on any atom is 0.262 e. The molecule has 144 valence electrons. The number of hydrogen-bond donors (Lipinski definition) is 1. The number of fused-ring (bicyclic) bond motifs is 1. The Balaban J connectivity index is 1.59. The highest BCUT2D eigenvalue weighted by Gasteiger charge is 2.19. The van der Waals surface area contributed by atoms with Gasteiger partial charge in [-0.1, -0.05) is 12.1 Å². The number of rotatable bonds is 5. The molecule has 4 rings (SSSR count). The minimum atomic E-state index is -3.80. The topological polar surface area (TPSA) is 99.6 Å². The number of aromatic nitrogens is 2. The lowest BCUT2D eigenvalue weighted by atomic mass is 10.1. The quantitative estimate of drug-likeness (QED) is 0.704. The summed E-state index contributed by atoms with van der Waals surface area (Å²) < 4.78 is 44.0. The van der Waals surface area contributed by atoms with Crippen molar-refractivity contribution in [2.45, 2.75) is 4.90 Å². The van der Waals surface area contributed by atoms with Crippen molar-refractivity contribution in [3.8, 4) is 28.6 Å². The van der Waals surface area contributed by atoms with Crippen LogP contribution in [0.5, 0.6) is 17.4 Å². The molecule has 2 heterocycles. The number of sulfonamides is 1. The molecule has 28 heavy (non-hydrogen) atoms. The highest BCUT2D eigenvalue weighted by atomic mass is 32.2. The molecule has 1 aliphatic heterocycles. The van der Waals surface area contributed by atoms with Gasteiger partial charge >= 0.3 is 0 Å². The van der Waals surface area contributed by atoms with Gasteiger partial charge in [-0.15, -0.1) is 10.2 Å². The molecule has 2 aromatic carbocycles. The zero-order chi connectivity index (χ0) is 19.6. The van der Waals surface area contributed by atoms with Crippen LogP contribution in [-0.4, -0.2) is 38.9 Å². The second kappa shape index (κ2) is 7.35. The van der Waals surface area contributed by atoms with Gasteiger partial charge in [-0.2, -0.15) is 0 Å². The standard InChI is InChI=1S/C19H17N3O5S/c1-25-19-8-6-16(20-21-19)13-3-2-4-14(11-13)22-28(23,24)15-5-7-17-18(12-15)27-10-9-26-17/h2-8,11-12,22H,9-10H2,1H3. The average molecular weight is 399 g/mol. The number of nitrogens with zero attached hydrogens (tertiary/aromatic N) is 2. The van der Waals surface area contributed by atoms with Crippen molar-refractivity contribution in [2.75, 3.05) is 25.0 Å². The Morgan fingerprint density at radius 1 is 0.964 bits per heavy atom. The smallest absolute Gasteiger partial charge is 0.262 e. The van der Waals surface area contributed by atoms with Crippen LogP contribution in [0.1, 0.15) is 0 Å². The zero-order valence-electron chi connectivity index (χ0n) is 15.0. The van der Waals surface area contributed by atoms with Crippen molar-refractivity contribution >= 4 is 15.7 Å². The first-order chi connectivity index (χ1) is 13.5. The molecule has 0 atom stereocenters. The highest BCUT2D eigenvalue weighted by molar-refractivity contribution is 7.92. The largest absolute Gasteiger partial charge is 0.486 e. The minimum Gasteiger partial charge on any atom is -0.486 e. The summed E-state index contributed by atoms with van der Waals surface area (Å²) in [7, 11) is -2.29. The van der Waals surface area contributed by atoms with Gasteiger partial charge < -0.3 is 14.2 Å². The second-order valence-corrected chi connectivity index (χ2v) is 7.64. The van der Waals surface area contributed by atoms with E-state index < -0.39 is 10.0 Å². The van der Waals surface area contributed by atoms with Gasteiger partial charge in [0.25, 0.3) is 10.0 Å². The van der Waals surface area contributed by atoms with E-state index in [2.05, 4.69) is 14.9 Å². The molecule has 0 unspecified atom stereocenters. The fourth-order valence-corrected chi connectivity index (χ4v) is 3.79. The van der Waals surface area contributed by atoms with Crippen LogP contribution in [0.4, 0.5) is 5.69 Å². The van der Waals surface area contributed by atoms with Crippen LogP contribution in [0.15, 0.2) is 59.5 Å². The van der Waals surface area contributed by atoms with Crippen molar-refractivity contribution in [3.05, 3.63) is 54.6 Å². The molecule has 0 amide bonds. The molecule has 0 aliphatic carbocycles. The summed E-state index contributed by atoms with van der Waals surface area (Å²) in [6, 6.07) is 14.9. The van der Waals surface area contributed by atoms with Gasteiger partial charge in [-0.25, -0.2) is 8.42 Å². The summed E-state index contributed by atoms with van der Waals surface area (Å²) in [5.74, 6) is 1.35. The Labute approximate surface area is 162 Å². The lowest BCUT2D eigenvalue weighted by Crippen LogP contribution is -2.17. The maximum atomic E-state index is 12.8. The van der Waals surface area contributed by atoms with Gasteiger partial charge in [-0.3, -0.25) is 4.72 Å². The highest BCUT2D eigenvalue weighted by Crippen LogP contribution is 2.33. The van der Waals surface area contributed by atoms with Gasteiger partial charge in [0.1, 0.15) is 13.2 Å². The molecule has 0 bridgehead atoms. The van der Waals surface area contributed by atoms with Gasteiger partial charge in [0.2, 0.25) is 5.88 Å². The van der Waals surface area contributed by atoms with E-state index in [1.54, 1.807) is 36.4 Å². The molecule has 0 saturated heterocycles. The van der Waals surface area contributed by atoms with Crippen molar-refractivity contribution in [2.24, 2.45) is 0 Å². The predicted octanol–water partition coefficient (Wildman–Crippen LogP) is 2.72. The maximum absolute atomic E-state index is 12.8. The van der Waals surface area contributed by atoms with E-state index in [1.807, 2.05) is 6.07 Å². The number of nitrogens with one attached hydrogen (secondary N) is 1. The van der Waals surface area contributed by atoms with E-state index in [-0.39, 0.29) is 4.90 Å². The molecule has 1 N–H and O–H groups in total. The summed E-state index contributed by atoms with van der Waals surface area (Å²) in [6.45, 7) is 0.827. The fraction of sp³-hybridized carbons (Fsp3) is 0.158. The summed E-state index contributed by atoms with van der Waals surface area (Å²) >= 11 is 0. The van der Waals surface area contributed by atoms with E-state index in [0.29, 0.717) is 42.0 Å². The SMILES string of the molecule is COc1ccc(-c2cccc(NS(=O)(=O)c3ccc4c(c3)OCCO4)c2)nn1. The van der Waals surface area contributed by atoms with Crippen LogP contribution in [0.25, 0.3) is 11.3 Å². The molecule has 0 saturated carbocycles. The van der Waals surface area contributed by atoms with Crippen LogP contribution >= 0.6 is 0 Å². The second-order valence-electron chi connectivity index (χ2n) is 5.95. The summed E-state index contributed by atoms with van der Waals surface area (Å²) in [5.41, 5.74) is 1.73. The third kappa shape index (κ3) is 3.70. The molecule has 3 aromatic rings. The summed E-state index contributed by atoms with van der Waals surface area (Å²) in [5, 5.41) is 8.01. The monoisotopic (exact) mass is 399 g/mol. The third-order valence-electron chi connectivity index (χ3n) is 4.08. The molecule has 1 aromatic heterocycles. The van der Waals surface area contributed by atoms with E-state index in [1.165, 1.54) is 19.2 Å².